The molecule has 1 rings (SSSR count). The fourth-order valence-electron chi connectivity index (χ4n) is 1.31. The van der Waals surface area contributed by atoms with Gasteiger partial charge in [-0.3, -0.25) is 0 Å². The van der Waals surface area contributed by atoms with Crippen LogP contribution in [0.5, 0.6) is 5.75 Å². The number of ether oxygens (including phenoxy) is 1. The first-order chi connectivity index (χ1) is 7.93. The summed E-state index contributed by atoms with van der Waals surface area (Å²) in [5, 5.41) is 0. The van der Waals surface area contributed by atoms with E-state index in [1.54, 1.807) is 0 Å². The first kappa shape index (κ1) is 13.5. The summed E-state index contributed by atoms with van der Waals surface area (Å²) in [6.45, 7) is 3.75. The normalized spacial score (nSPS) is 12.1. The highest BCUT2D eigenvalue weighted by atomic mass is 19.3. The lowest BCUT2D eigenvalue weighted by Gasteiger charge is -2.11. The van der Waals surface area contributed by atoms with Crippen LogP contribution in [0.15, 0.2) is 30.3 Å². The molecular weight excluding hydrogens is 236 g/mol. The average molecular weight is 248 g/mol. The van der Waals surface area contributed by atoms with Crippen LogP contribution in [0.2, 0.25) is 0 Å². The van der Waals surface area contributed by atoms with Crippen molar-refractivity contribution in [3.05, 3.63) is 41.7 Å². The van der Waals surface area contributed by atoms with Crippen LogP contribution in [0.3, 0.4) is 0 Å². The fourth-order valence-corrected chi connectivity index (χ4v) is 1.31. The minimum atomic E-state index is -2.57. The summed E-state index contributed by atoms with van der Waals surface area (Å²) in [5.74, 6) is -0.884. The van der Waals surface area contributed by atoms with Gasteiger partial charge in [-0.1, -0.05) is 13.8 Å². The Morgan fingerprint density at radius 1 is 1.24 bits per heavy atom. The third-order valence-electron chi connectivity index (χ3n) is 2.43. The van der Waals surface area contributed by atoms with Crippen LogP contribution in [-0.4, -0.2) is 0 Å². The predicted octanol–water partition coefficient (Wildman–Crippen LogP) is 4.75. The molecule has 0 aliphatic rings. The maximum Gasteiger partial charge on any atom is 0.344 e. The molecule has 0 saturated carbocycles. The minimum Gasteiger partial charge on any atom is -0.428 e. The van der Waals surface area contributed by atoms with Crippen molar-refractivity contribution in [3.63, 3.8) is 0 Å². The second-order valence-electron chi connectivity index (χ2n) is 3.67. The van der Waals surface area contributed by atoms with Gasteiger partial charge in [0, 0.05) is 6.07 Å². The number of rotatable bonds is 4. The van der Waals surface area contributed by atoms with Gasteiger partial charge in [0.15, 0.2) is 0 Å². The molecule has 0 aliphatic heterocycles. The van der Waals surface area contributed by atoms with Gasteiger partial charge in [-0.15, -0.1) is 0 Å². The third-order valence-corrected chi connectivity index (χ3v) is 2.43. The molecule has 0 radical (unpaired) electrons. The SMILES string of the molecule is CC[C@H](C)c1cc(F)cc(OC(F)=C(F)F)c1. The summed E-state index contributed by atoms with van der Waals surface area (Å²) in [7, 11) is 0. The Balaban J connectivity index is 3.02. The average Bonchev–Trinajstić information content (AvgIpc) is 2.26. The monoisotopic (exact) mass is 248 g/mol. The van der Waals surface area contributed by atoms with Crippen LogP contribution >= 0.6 is 0 Å². The molecule has 1 nitrogen and oxygen atoms in total. The molecule has 0 saturated heterocycles. The van der Waals surface area contributed by atoms with Crippen molar-refractivity contribution in [2.45, 2.75) is 26.2 Å². The van der Waals surface area contributed by atoms with E-state index in [9.17, 15) is 17.6 Å². The molecule has 0 N–H and O–H groups in total. The summed E-state index contributed by atoms with van der Waals surface area (Å²) >= 11 is 0. The highest BCUT2D eigenvalue weighted by Crippen LogP contribution is 2.26. The van der Waals surface area contributed by atoms with E-state index in [-0.39, 0.29) is 11.7 Å². The molecule has 0 amide bonds. The Bertz CT molecular complexity index is 425. The Hall–Kier alpha value is -1.52. The number of benzene rings is 1. The maximum atomic E-state index is 13.2. The van der Waals surface area contributed by atoms with Crippen molar-refractivity contribution >= 4 is 0 Å². The first-order valence-corrected chi connectivity index (χ1v) is 5.13. The highest BCUT2D eigenvalue weighted by Gasteiger charge is 2.11. The van der Waals surface area contributed by atoms with Crippen molar-refractivity contribution < 1.29 is 22.3 Å². The van der Waals surface area contributed by atoms with Crippen LogP contribution in [-0.2, 0) is 0 Å². The molecule has 0 aromatic heterocycles. The predicted molar refractivity (Wildman–Crippen MR) is 56.1 cm³/mol. The summed E-state index contributed by atoms with van der Waals surface area (Å²) in [6.07, 6.45) is -1.82. The van der Waals surface area contributed by atoms with E-state index in [0.717, 1.165) is 12.5 Å². The third kappa shape index (κ3) is 3.76. The molecule has 1 aromatic rings. The van der Waals surface area contributed by atoms with Gasteiger partial charge in [0.1, 0.15) is 11.6 Å². The minimum absolute atomic E-state index is 0.0373. The molecule has 0 fully saturated rings. The molecule has 0 bridgehead atoms. The topological polar surface area (TPSA) is 9.23 Å². The zero-order valence-electron chi connectivity index (χ0n) is 9.44. The van der Waals surface area contributed by atoms with Crippen LogP contribution in [0, 0.1) is 5.82 Å². The molecule has 0 aliphatic carbocycles. The van der Waals surface area contributed by atoms with Crippen molar-refractivity contribution in [1.82, 2.24) is 0 Å². The van der Waals surface area contributed by atoms with Crippen LogP contribution in [0.1, 0.15) is 31.7 Å². The van der Waals surface area contributed by atoms with Gasteiger partial charge in [0.05, 0.1) is 0 Å². The van der Waals surface area contributed by atoms with E-state index in [2.05, 4.69) is 4.74 Å². The van der Waals surface area contributed by atoms with Gasteiger partial charge in [-0.05, 0) is 30.0 Å². The van der Waals surface area contributed by atoms with E-state index in [4.69, 9.17) is 0 Å². The standard InChI is InChI=1S/C12H12F4O/c1-3-7(2)8-4-9(13)6-10(5-8)17-12(16)11(14)15/h4-7H,3H2,1-2H3/t7-/m0/s1. The van der Waals surface area contributed by atoms with Gasteiger partial charge < -0.3 is 4.74 Å². The van der Waals surface area contributed by atoms with E-state index >= 15 is 0 Å². The summed E-state index contributed by atoms with van der Waals surface area (Å²) in [5.41, 5.74) is 0.578. The van der Waals surface area contributed by atoms with Crippen molar-refractivity contribution in [2.75, 3.05) is 0 Å². The lowest BCUT2D eigenvalue weighted by Crippen LogP contribution is -1.96. The molecule has 94 valence electrons. The molecule has 17 heavy (non-hydrogen) atoms. The smallest absolute Gasteiger partial charge is 0.344 e. The van der Waals surface area contributed by atoms with E-state index in [1.807, 2.05) is 13.8 Å². The Morgan fingerprint density at radius 3 is 2.41 bits per heavy atom. The van der Waals surface area contributed by atoms with Crippen molar-refractivity contribution in [1.29, 1.82) is 0 Å². The van der Waals surface area contributed by atoms with Gasteiger partial charge in [-0.2, -0.15) is 13.2 Å². The second-order valence-corrected chi connectivity index (χ2v) is 3.67. The molecule has 0 heterocycles. The summed E-state index contributed by atoms with van der Waals surface area (Å²) in [4.78, 5) is 0. The van der Waals surface area contributed by atoms with E-state index < -0.39 is 17.9 Å². The van der Waals surface area contributed by atoms with Crippen LogP contribution < -0.4 is 4.74 Å². The lowest BCUT2D eigenvalue weighted by molar-refractivity contribution is 0.240. The lowest BCUT2D eigenvalue weighted by atomic mass is 9.98. The molecule has 0 spiro atoms. The van der Waals surface area contributed by atoms with Gasteiger partial charge in [0.25, 0.3) is 0 Å². The summed E-state index contributed by atoms with van der Waals surface area (Å²) < 4.78 is 53.6. The zero-order valence-corrected chi connectivity index (χ0v) is 9.44. The van der Waals surface area contributed by atoms with E-state index in [0.29, 0.717) is 5.56 Å². The van der Waals surface area contributed by atoms with Gasteiger partial charge >= 0.3 is 12.1 Å². The Kier molecular flexibility index (Phi) is 4.54. The number of hydrogen-bond donors (Lipinski definition) is 0. The van der Waals surface area contributed by atoms with Crippen molar-refractivity contribution in [2.24, 2.45) is 0 Å². The summed E-state index contributed by atoms with van der Waals surface area (Å²) in [6, 6.07) is 1.47. The molecular formula is C12H12F4O. The van der Waals surface area contributed by atoms with Crippen LogP contribution in [0.25, 0.3) is 0 Å². The molecule has 0 unspecified atom stereocenters. The number of halogens is 4. The highest BCUT2D eigenvalue weighted by molar-refractivity contribution is 5.32. The van der Waals surface area contributed by atoms with Gasteiger partial charge in [0.2, 0.25) is 0 Å². The largest absolute Gasteiger partial charge is 0.428 e. The first-order valence-electron chi connectivity index (χ1n) is 5.13. The molecule has 1 atom stereocenters. The quantitative estimate of drug-likeness (QED) is 0.551. The Labute approximate surface area is 96.7 Å². The fraction of sp³-hybridized carbons (Fsp3) is 0.333. The Morgan fingerprint density at radius 2 is 1.88 bits per heavy atom. The number of hydrogen-bond acceptors (Lipinski definition) is 1. The molecule has 5 heteroatoms. The second kappa shape index (κ2) is 5.70. The van der Waals surface area contributed by atoms with Gasteiger partial charge in [-0.25, -0.2) is 4.39 Å². The van der Waals surface area contributed by atoms with Crippen molar-refractivity contribution in [3.8, 4) is 5.75 Å². The van der Waals surface area contributed by atoms with E-state index in [1.165, 1.54) is 12.1 Å². The molecule has 1 aromatic carbocycles. The zero-order chi connectivity index (χ0) is 13.0. The maximum absolute atomic E-state index is 13.2. The van der Waals surface area contributed by atoms with Crippen LogP contribution in [0.4, 0.5) is 17.6 Å².